The van der Waals surface area contributed by atoms with Crippen molar-refractivity contribution in [3.8, 4) is 0 Å². The van der Waals surface area contributed by atoms with Crippen molar-refractivity contribution < 1.29 is 14.3 Å². The van der Waals surface area contributed by atoms with E-state index in [1.54, 1.807) is 0 Å². The molecule has 84 valence electrons. The van der Waals surface area contributed by atoms with Gasteiger partial charge in [-0.3, -0.25) is 0 Å². The van der Waals surface area contributed by atoms with Gasteiger partial charge in [-0.1, -0.05) is 30.3 Å². The van der Waals surface area contributed by atoms with Crippen molar-refractivity contribution in [1.82, 2.24) is 0 Å². The molecule has 0 amide bonds. The Morgan fingerprint density at radius 1 is 1.31 bits per heavy atom. The Hall–Kier alpha value is -1.61. The first-order valence-electron chi connectivity index (χ1n) is 5.26. The van der Waals surface area contributed by atoms with Gasteiger partial charge in [0.25, 0.3) is 0 Å². The molecule has 0 aliphatic carbocycles. The smallest absolute Gasteiger partial charge is 0.331 e. The Morgan fingerprint density at radius 2 is 2.06 bits per heavy atom. The number of carbonyl (C=O) groups excluding carboxylic acids is 1. The van der Waals surface area contributed by atoms with Gasteiger partial charge in [0, 0.05) is 6.08 Å². The molecular weight excluding hydrogens is 204 g/mol. The van der Waals surface area contributed by atoms with E-state index in [1.807, 2.05) is 37.3 Å². The molecule has 1 aliphatic heterocycles. The fraction of sp³-hybridized carbons (Fsp3) is 0.308. The Bertz CT molecular complexity index is 395. The van der Waals surface area contributed by atoms with Crippen molar-refractivity contribution in [1.29, 1.82) is 0 Å². The first kappa shape index (κ1) is 10.9. The van der Waals surface area contributed by atoms with E-state index in [-0.39, 0.29) is 12.1 Å². The minimum absolute atomic E-state index is 0.212. The molecule has 0 saturated heterocycles. The van der Waals surface area contributed by atoms with Crippen LogP contribution in [0.3, 0.4) is 0 Å². The maximum absolute atomic E-state index is 10.9. The second-order valence-corrected chi connectivity index (χ2v) is 3.81. The van der Waals surface area contributed by atoms with Crippen LogP contribution in [0.15, 0.2) is 42.0 Å². The molecule has 1 aromatic rings. The number of ether oxygens (including phenoxy) is 2. The van der Waals surface area contributed by atoms with E-state index < -0.39 is 0 Å². The summed E-state index contributed by atoms with van der Waals surface area (Å²) in [5, 5.41) is 0. The summed E-state index contributed by atoms with van der Waals surface area (Å²) in [6, 6.07) is 9.92. The van der Waals surface area contributed by atoms with Gasteiger partial charge in [-0.2, -0.15) is 0 Å². The van der Waals surface area contributed by atoms with Crippen molar-refractivity contribution >= 4 is 5.97 Å². The van der Waals surface area contributed by atoms with E-state index >= 15 is 0 Å². The number of carbonyl (C=O) groups is 1. The lowest BCUT2D eigenvalue weighted by molar-refractivity contribution is -0.141. The number of cyclic esters (lactones) is 1. The van der Waals surface area contributed by atoms with Crippen LogP contribution in [0.25, 0.3) is 0 Å². The van der Waals surface area contributed by atoms with Gasteiger partial charge in [-0.25, -0.2) is 4.79 Å². The molecule has 0 fully saturated rings. The topological polar surface area (TPSA) is 35.5 Å². The lowest BCUT2D eigenvalue weighted by atomic mass is 10.2. The van der Waals surface area contributed by atoms with Crippen LogP contribution in [0.2, 0.25) is 0 Å². The minimum Gasteiger partial charge on any atom is -0.452 e. The van der Waals surface area contributed by atoms with Crippen molar-refractivity contribution in [2.75, 3.05) is 6.61 Å². The third-order valence-corrected chi connectivity index (χ3v) is 2.49. The first-order chi connectivity index (χ1) is 7.75. The van der Waals surface area contributed by atoms with Gasteiger partial charge in [-0.05, 0) is 18.1 Å². The van der Waals surface area contributed by atoms with Crippen LogP contribution in [0, 0.1) is 0 Å². The molecule has 3 heteroatoms. The monoisotopic (exact) mass is 218 g/mol. The summed E-state index contributed by atoms with van der Waals surface area (Å²) >= 11 is 0. The molecule has 1 aromatic carbocycles. The number of hydrogen-bond acceptors (Lipinski definition) is 3. The van der Waals surface area contributed by atoms with Crippen LogP contribution in [0.5, 0.6) is 0 Å². The predicted octanol–water partition coefficient (Wildman–Crippen LogP) is 2.07. The van der Waals surface area contributed by atoms with E-state index in [1.165, 1.54) is 6.08 Å². The van der Waals surface area contributed by atoms with Gasteiger partial charge in [0.2, 0.25) is 0 Å². The Balaban J connectivity index is 1.77. The van der Waals surface area contributed by atoms with E-state index in [4.69, 9.17) is 9.47 Å². The van der Waals surface area contributed by atoms with Crippen LogP contribution in [0.4, 0.5) is 0 Å². The van der Waals surface area contributed by atoms with E-state index in [0.29, 0.717) is 13.2 Å². The van der Waals surface area contributed by atoms with Crippen molar-refractivity contribution in [3.63, 3.8) is 0 Å². The Labute approximate surface area is 94.7 Å². The summed E-state index contributed by atoms with van der Waals surface area (Å²) in [6.07, 6.45) is 1.30. The molecule has 0 N–H and O–H groups in total. The molecule has 2 rings (SSSR count). The highest BCUT2D eigenvalue weighted by Crippen LogP contribution is 2.15. The number of esters is 1. The van der Waals surface area contributed by atoms with Crippen molar-refractivity contribution in [2.24, 2.45) is 0 Å². The summed E-state index contributed by atoms with van der Waals surface area (Å²) in [4.78, 5) is 10.9. The van der Waals surface area contributed by atoms with Gasteiger partial charge in [0.1, 0.15) is 6.10 Å². The van der Waals surface area contributed by atoms with Crippen molar-refractivity contribution in [2.45, 2.75) is 19.6 Å². The summed E-state index contributed by atoms with van der Waals surface area (Å²) < 4.78 is 10.6. The average molecular weight is 218 g/mol. The standard InChI is InChI=1S/C13H14O3/c1-10-7-13(14)16-12(10)9-15-8-11-5-3-2-4-6-11/h2-7,12H,8-9H2,1H3/t12-/m1/s1. The summed E-state index contributed by atoms with van der Waals surface area (Å²) in [6.45, 7) is 2.84. The number of rotatable bonds is 4. The second-order valence-electron chi connectivity index (χ2n) is 3.81. The zero-order valence-corrected chi connectivity index (χ0v) is 9.18. The highest BCUT2D eigenvalue weighted by molar-refractivity contribution is 5.85. The third-order valence-electron chi connectivity index (χ3n) is 2.49. The molecule has 1 atom stereocenters. The second kappa shape index (κ2) is 4.94. The molecule has 1 aliphatic rings. The fourth-order valence-electron chi connectivity index (χ4n) is 1.57. The van der Waals surface area contributed by atoms with E-state index in [2.05, 4.69) is 0 Å². The first-order valence-corrected chi connectivity index (χ1v) is 5.26. The highest BCUT2D eigenvalue weighted by atomic mass is 16.6. The molecule has 0 spiro atoms. The average Bonchev–Trinajstić information content (AvgIpc) is 2.59. The third kappa shape index (κ3) is 2.70. The molecule has 16 heavy (non-hydrogen) atoms. The predicted molar refractivity (Wildman–Crippen MR) is 59.7 cm³/mol. The van der Waals surface area contributed by atoms with Crippen molar-refractivity contribution in [3.05, 3.63) is 47.5 Å². The van der Waals surface area contributed by atoms with Crippen LogP contribution < -0.4 is 0 Å². The van der Waals surface area contributed by atoms with Gasteiger partial charge in [-0.15, -0.1) is 0 Å². The summed E-state index contributed by atoms with van der Waals surface area (Å²) in [7, 11) is 0. The summed E-state index contributed by atoms with van der Waals surface area (Å²) in [5.74, 6) is -0.272. The van der Waals surface area contributed by atoms with Gasteiger partial charge >= 0.3 is 5.97 Å². The molecule has 1 heterocycles. The maximum Gasteiger partial charge on any atom is 0.331 e. The van der Waals surface area contributed by atoms with E-state index in [0.717, 1.165) is 11.1 Å². The van der Waals surface area contributed by atoms with Crippen LogP contribution in [-0.2, 0) is 20.9 Å². The van der Waals surface area contributed by atoms with Crippen LogP contribution >= 0.6 is 0 Å². The molecule has 0 radical (unpaired) electrons. The van der Waals surface area contributed by atoms with Crippen LogP contribution in [-0.4, -0.2) is 18.7 Å². The number of hydrogen-bond donors (Lipinski definition) is 0. The minimum atomic E-state index is -0.272. The van der Waals surface area contributed by atoms with Gasteiger partial charge in [0.05, 0.1) is 13.2 Å². The zero-order chi connectivity index (χ0) is 11.4. The molecule has 0 aromatic heterocycles. The lowest BCUT2D eigenvalue weighted by Crippen LogP contribution is -2.18. The molecule has 0 bridgehead atoms. The number of benzene rings is 1. The summed E-state index contributed by atoms with van der Waals surface area (Å²) in [5.41, 5.74) is 2.05. The highest BCUT2D eigenvalue weighted by Gasteiger charge is 2.22. The zero-order valence-electron chi connectivity index (χ0n) is 9.18. The van der Waals surface area contributed by atoms with Gasteiger partial charge < -0.3 is 9.47 Å². The Kier molecular flexibility index (Phi) is 3.37. The molecule has 0 saturated carbocycles. The normalized spacial score (nSPS) is 19.4. The quantitative estimate of drug-likeness (QED) is 0.726. The van der Waals surface area contributed by atoms with Gasteiger partial charge in [0.15, 0.2) is 0 Å². The molecule has 0 unspecified atom stereocenters. The largest absolute Gasteiger partial charge is 0.452 e. The van der Waals surface area contributed by atoms with E-state index in [9.17, 15) is 4.79 Å². The molecule has 3 nitrogen and oxygen atoms in total. The van der Waals surface area contributed by atoms with Crippen LogP contribution in [0.1, 0.15) is 12.5 Å². The fourth-order valence-corrected chi connectivity index (χ4v) is 1.57. The molecular formula is C13H14O3. The SMILES string of the molecule is CC1=CC(=O)O[C@@H]1COCc1ccccc1. The maximum atomic E-state index is 10.9. The Morgan fingerprint density at radius 3 is 2.69 bits per heavy atom. The lowest BCUT2D eigenvalue weighted by Gasteiger charge is -2.12.